The first kappa shape index (κ1) is 6.03. The zero-order valence-electron chi connectivity index (χ0n) is 5.73. The molecule has 4 heteroatoms. The summed E-state index contributed by atoms with van der Waals surface area (Å²) < 4.78 is 0. The number of nitrogens with one attached hydrogen (secondary N) is 1. The van der Waals surface area contributed by atoms with Crippen LogP contribution in [-0.4, -0.2) is 16.2 Å². The normalized spacial score (nSPS) is 13.5. The van der Waals surface area contributed by atoms with Crippen molar-refractivity contribution in [2.24, 2.45) is 4.99 Å². The van der Waals surface area contributed by atoms with Gasteiger partial charge in [0, 0.05) is 24.8 Å². The minimum Gasteiger partial charge on any atom is -0.343 e. The van der Waals surface area contributed by atoms with Gasteiger partial charge in [-0.05, 0) is 6.08 Å². The molecule has 0 saturated carbocycles. The maximum Gasteiger partial charge on any atom is 0.195 e. The van der Waals surface area contributed by atoms with Gasteiger partial charge in [0.2, 0.25) is 0 Å². The highest BCUT2D eigenvalue weighted by molar-refractivity contribution is 5.78. The molecule has 54 valence electrons. The topological polar surface area (TPSA) is 50.2 Å². The van der Waals surface area contributed by atoms with E-state index in [1.165, 1.54) is 0 Å². The maximum absolute atomic E-state index is 4.04. The van der Waals surface area contributed by atoms with E-state index in [1.807, 2.05) is 0 Å². The molecule has 4 nitrogen and oxygen atoms in total. The fourth-order valence-electron chi connectivity index (χ4n) is 0.811. The van der Waals surface area contributed by atoms with Gasteiger partial charge in [-0.1, -0.05) is 0 Å². The van der Waals surface area contributed by atoms with Gasteiger partial charge in [0.25, 0.3) is 0 Å². The summed E-state index contributed by atoms with van der Waals surface area (Å²) in [6, 6.07) is 0. The van der Waals surface area contributed by atoms with Crippen LogP contribution in [0.25, 0.3) is 0 Å². The van der Waals surface area contributed by atoms with Crippen molar-refractivity contribution in [3.05, 3.63) is 24.7 Å². The van der Waals surface area contributed by atoms with E-state index in [-0.39, 0.29) is 0 Å². The third kappa shape index (κ3) is 1.10. The Labute approximate surface area is 63.7 Å². The molecule has 0 unspecified atom stereocenters. The monoisotopic (exact) mass is 146 g/mol. The summed E-state index contributed by atoms with van der Waals surface area (Å²) in [7, 11) is 0. The number of rotatable bonds is 0. The van der Waals surface area contributed by atoms with E-state index in [0.29, 0.717) is 11.6 Å². The molecular weight excluding hydrogens is 140 g/mol. The highest BCUT2D eigenvalue weighted by Crippen LogP contribution is 2.18. The lowest BCUT2D eigenvalue weighted by atomic mass is 10.6. The van der Waals surface area contributed by atoms with Crippen LogP contribution < -0.4 is 5.32 Å². The van der Waals surface area contributed by atoms with E-state index in [1.54, 1.807) is 30.9 Å². The Hall–Kier alpha value is -1.71. The number of aromatic nitrogens is 2. The molecule has 0 atom stereocenters. The molecule has 2 heterocycles. The van der Waals surface area contributed by atoms with Gasteiger partial charge in [-0.25, -0.2) is 15.0 Å². The molecule has 0 bridgehead atoms. The number of aliphatic imine (C=N–C) groups is 1. The Bertz CT molecular complexity index is 316. The average Bonchev–Trinajstić information content (AvgIpc) is 2.28. The molecular formula is C7H6N4. The van der Waals surface area contributed by atoms with Crippen molar-refractivity contribution in [3.63, 3.8) is 0 Å². The molecule has 1 aliphatic rings. The molecule has 0 saturated heterocycles. The van der Waals surface area contributed by atoms with Crippen LogP contribution in [0.4, 0.5) is 11.6 Å². The number of anilines is 1. The molecule has 1 aromatic heterocycles. The largest absolute Gasteiger partial charge is 0.343 e. The maximum atomic E-state index is 4.04. The molecule has 0 aromatic carbocycles. The molecule has 1 aliphatic heterocycles. The third-order valence-corrected chi connectivity index (χ3v) is 1.28. The standard InChI is InChI=1S/C7H6N4/c1-2-8-6-7(9-3-1)11-5-4-10-6/h1-5H,(H,8,10). The van der Waals surface area contributed by atoms with E-state index in [4.69, 9.17) is 0 Å². The Morgan fingerprint density at radius 3 is 3.09 bits per heavy atom. The van der Waals surface area contributed by atoms with E-state index in [9.17, 15) is 0 Å². The summed E-state index contributed by atoms with van der Waals surface area (Å²) in [5.74, 6) is 1.31. The number of hydrogen-bond donors (Lipinski definition) is 1. The van der Waals surface area contributed by atoms with Crippen LogP contribution in [0.2, 0.25) is 0 Å². The second kappa shape index (κ2) is 2.49. The summed E-state index contributed by atoms with van der Waals surface area (Å²) in [5.41, 5.74) is 0. The Kier molecular flexibility index (Phi) is 1.37. The van der Waals surface area contributed by atoms with Crippen molar-refractivity contribution < 1.29 is 0 Å². The third-order valence-electron chi connectivity index (χ3n) is 1.28. The van der Waals surface area contributed by atoms with Crippen LogP contribution in [0.5, 0.6) is 0 Å². The molecule has 11 heavy (non-hydrogen) atoms. The van der Waals surface area contributed by atoms with Crippen LogP contribution in [0.3, 0.4) is 0 Å². The summed E-state index contributed by atoms with van der Waals surface area (Å²) in [6.45, 7) is 0. The SMILES string of the molecule is C1=CNc2nccnc2N=C1. The number of fused-ring (bicyclic) bond motifs is 1. The van der Waals surface area contributed by atoms with Gasteiger partial charge < -0.3 is 5.32 Å². The van der Waals surface area contributed by atoms with Crippen molar-refractivity contribution in [2.75, 3.05) is 5.32 Å². The van der Waals surface area contributed by atoms with Crippen molar-refractivity contribution >= 4 is 17.9 Å². The Morgan fingerprint density at radius 2 is 2.09 bits per heavy atom. The lowest BCUT2D eigenvalue weighted by molar-refractivity contribution is 1.18. The summed E-state index contributed by atoms with van der Waals surface area (Å²) >= 11 is 0. The first-order valence-electron chi connectivity index (χ1n) is 3.23. The van der Waals surface area contributed by atoms with Crippen molar-refractivity contribution in [1.29, 1.82) is 0 Å². The zero-order chi connectivity index (χ0) is 7.52. The lowest BCUT2D eigenvalue weighted by Crippen LogP contribution is -1.90. The predicted molar refractivity (Wildman–Crippen MR) is 42.9 cm³/mol. The van der Waals surface area contributed by atoms with E-state index >= 15 is 0 Å². The zero-order valence-corrected chi connectivity index (χ0v) is 5.73. The fourth-order valence-corrected chi connectivity index (χ4v) is 0.811. The van der Waals surface area contributed by atoms with Crippen LogP contribution in [0, 0.1) is 0 Å². The van der Waals surface area contributed by atoms with E-state index in [0.717, 1.165) is 0 Å². The Balaban J connectivity index is 2.52. The summed E-state index contributed by atoms with van der Waals surface area (Å²) in [4.78, 5) is 12.1. The van der Waals surface area contributed by atoms with Gasteiger partial charge in [0.05, 0.1) is 0 Å². The van der Waals surface area contributed by atoms with Crippen molar-refractivity contribution in [1.82, 2.24) is 9.97 Å². The minimum atomic E-state index is 0.623. The molecule has 1 N–H and O–H groups in total. The number of hydrogen-bond acceptors (Lipinski definition) is 4. The van der Waals surface area contributed by atoms with Gasteiger partial charge in [-0.2, -0.15) is 0 Å². The van der Waals surface area contributed by atoms with Gasteiger partial charge >= 0.3 is 0 Å². The van der Waals surface area contributed by atoms with E-state index in [2.05, 4.69) is 20.3 Å². The molecule has 0 amide bonds. The minimum absolute atomic E-state index is 0.623. The number of nitrogens with zero attached hydrogens (tertiary/aromatic N) is 3. The number of allylic oxidation sites excluding steroid dienone is 1. The average molecular weight is 146 g/mol. The quantitative estimate of drug-likeness (QED) is 0.596. The van der Waals surface area contributed by atoms with Gasteiger partial charge in [-0.3, -0.25) is 0 Å². The van der Waals surface area contributed by atoms with Crippen molar-refractivity contribution in [2.45, 2.75) is 0 Å². The van der Waals surface area contributed by atoms with Gasteiger partial charge in [0.15, 0.2) is 11.6 Å². The lowest BCUT2D eigenvalue weighted by Gasteiger charge is -1.98. The highest BCUT2D eigenvalue weighted by Gasteiger charge is 2.00. The first-order valence-corrected chi connectivity index (χ1v) is 3.23. The summed E-state index contributed by atoms with van der Waals surface area (Å²) in [6.07, 6.45) is 8.48. The second-order valence-electron chi connectivity index (χ2n) is 2.01. The predicted octanol–water partition coefficient (Wildman–Crippen LogP) is 1.12. The van der Waals surface area contributed by atoms with Gasteiger partial charge in [-0.15, -0.1) is 0 Å². The molecule has 2 rings (SSSR count). The van der Waals surface area contributed by atoms with Crippen LogP contribution in [0.1, 0.15) is 0 Å². The van der Waals surface area contributed by atoms with Crippen LogP contribution >= 0.6 is 0 Å². The molecule has 0 spiro atoms. The van der Waals surface area contributed by atoms with Crippen LogP contribution in [-0.2, 0) is 0 Å². The smallest absolute Gasteiger partial charge is 0.195 e. The Morgan fingerprint density at radius 1 is 1.18 bits per heavy atom. The highest BCUT2D eigenvalue weighted by atomic mass is 15.1. The van der Waals surface area contributed by atoms with E-state index < -0.39 is 0 Å². The fraction of sp³-hybridized carbons (Fsp3) is 0. The molecule has 1 aromatic rings. The molecule has 0 fully saturated rings. The molecule has 0 radical (unpaired) electrons. The first-order chi connectivity index (χ1) is 5.47. The molecule has 0 aliphatic carbocycles. The second-order valence-corrected chi connectivity index (χ2v) is 2.01. The summed E-state index contributed by atoms with van der Waals surface area (Å²) in [5, 5.41) is 2.95. The van der Waals surface area contributed by atoms with Gasteiger partial charge in [0.1, 0.15) is 0 Å². The van der Waals surface area contributed by atoms with Crippen molar-refractivity contribution in [3.8, 4) is 0 Å². The van der Waals surface area contributed by atoms with Crippen LogP contribution in [0.15, 0.2) is 29.7 Å².